The van der Waals surface area contributed by atoms with Crippen LogP contribution in [0.4, 0.5) is 4.79 Å². The van der Waals surface area contributed by atoms with E-state index in [0.29, 0.717) is 6.54 Å². The van der Waals surface area contributed by atoms with Crippen molar-refractivity contribution in [1.29, 1.82) is 0 Å². The molecule has 0 heterocycles. The van der Waals surface area contributed by atoms with Gasteiger partial charge in [-0.15, -0.1) is 0 Å². The van der Waals surface area contributed by atoms with Crippen molar-refractivity contribution >= 4 is 23.9 Å². The number of ether oxygens (including phenoxy) is 2. The zero-order chi connectivity index (χ0) is 40.9. The molecular weight excluding hydrogens is 691 g/mol. The third-order valence-electron chi connectivity index (χ3n) is 10.9. The molecule has 0 spiro atoms. The van der Waals surface area contributed by atoms with Crippen molar-refractivity contribution < 1.29 is 28.7 Å². The molecule has 55 heavy (non-hydrogen) atoms. The van der Waals surface area contributed by atoms with Crippen LogP contribution in [0.2, 0.25) is 0 Å². The fourth-order valence-corrected chi connectivity index (χ4v) is 7.27. The smallest absolute Gasteiger partial charge is 0.324 e. The van der Waals surface area contributed by atoms with E-state index in [1.807, 2.05) is 14.1 Å². The van der Waals surface area contributed by atoms with Crippen LogP contribution < -0.4 is 5.32 Å². The van der Waals surface area contributed by atoms with Crippen LogP contribution in [0.15, 0.2) is 0 Å². The Balaban J connectivity index is 5.64. The first kappa shape index (κ1) is 52.8. The number of nitrogens with one attached hydrogen (secondary N) is 1. The lowest BCUT2D eigenvalue weighted by molar-refractivity contribution is -0.151. The van der Waals surface area contributed by atoms with E-state index in [2.05, 4.69) is 37.9 Å². The highest BCUT2D eigenvalue weighted by molar-refractivity contribution is 5.95. The zero-order valence-electron chi connectivity index (χ0n) is 37.2. The van der Waals surface area contributed by atoms with Crippen LogP contribution in [-0.2, 0) is 23.9 Å². The quantitative estimate of drug-likeness (QED) is 0.0491. The molecule has 0 rings (SSSR count). The normalized spacial score (nSPS) is 13.0. The Labute approximate surface area is 339 Å². The molecule has 9 heteroatoms. The van der Waals surface area contributed by atoms with E-state index in [4.69, 9.17) is 9.47 Å². The van der Waals surface area contributed by atoms with Crippen molar-refractivity contribution in [3.8, 4) is 0 Å². The van der Waals surface area contributed by atoms with Gasteiger partial charge in [0.2, 0.25) is 5.91 Å². The molecule has 0 aromatic rings. The van der Waals surface area contributed by atoms with E-state index in [0.717, 1.165) is 103 Å². The molecule has 2 atom stereocenters. The fourth-order valence-electron chi connectivity index (χ4n) is 7.27. The number of hydrogen-bond acceptors (Lipinski definition) is 7. The summed E-state index contributed by atoms with van der Waals surface area (Å²) in [6.45, 7) is 12.4. The van der Waals surface area contributed by atoms with Crippen molar-refractivity contribution in [2.75, 3.05) is 46.9 Å². The van der Waals surface area contributed by atoms with Crippen LogP contribution in [0.3, 0.4) is 0 Å². The Morgan fingerprint density at radius 1 is 0.473 bits per heavy atom. The molecule has 0 saturated heterocycles. The first-order valence-electron chi connectivity index (χ1n) is 23.2. The zero-order valence-corrected chi connectivity index (χ0v) is 37.2. The van der Waals surface area contributed by atoms with Crippen molar-refractivity contribution in [3.63, 3.8) is 0 Å². The molecule has 324 valence electrons. The number of urea groups is 1. The molecule has 0 saturated carbocycles. The van der Waals surface area contributed by atoms with Crippen molar-refractivity contribution in [2.24, 2.45) is 17.8 Å². The van der Waals surface area contributed by atoms with Gasteiger partial charge in [-0.2, -0.15) is 0 Å². The van der Waals surface area contributed by atoms with Gasteiger partial charge in [0.15, 0.2) is 0 Å². The van der Waals surface area contributed by atoms with Gasteiger partial charge in [0, 0.05) is 19.0 Å². The summed E-state index contributed by atoms with van der Waals surface area (Å²) in [6.07, 6.45) is 27.8. The predicted molar refractivity (Wildman–Crippen MR) is 229 cm³/mol. The lowest BCUT2D eigenvalue weighted by Gasteiger charge is -2.26. The SMILES string of the molecule is CCCCCCCCC(CCCCCC)C(=O)OCCC(CCOC(=O)C(CCCCCC)CCCCCCCC)C(=O)N(CC)C(=O)NCCCN(C)C. The monoisotopic (exact) mass is 780 g/mol. The maximum atomic E-state index is 14.0. The van der Waals surface area contributed by atoms with Crippen LogP contribution in [-0.4, -0.2) is 80.6 Å². The summed E-state index contributed by atoms with van der Waals surface area (Å²) in [4.78, 5) is 57.3. The number of carbonyl (C=O) groups is 4. The summed E-state index contributed by atoms with van der Waals surface area (Å²) < 4.78 is 11.8. The van der Waals surface area contributed by atoms with E-state index < -0.39 is 11.9 Å². The first-order chi connectivity index (χ1) is 26.7. The highest BCUT2D eigenvalue weighted by atomic mass is 16.5. The highest BCUT2D eigenvalue weighted by Gasteiger charge is 2.29. The molecule has 1 N–H and O–H groups in total. The molecule has 0 fully saturated rings. The van der Waals surface area contributed by atoms with Crippen LogP contribution in [0.5, 0.6) is 0 Å². The molecule has 9 nitrogen and oxygen atoms in total. The minimum Gasteiger partial charge on any atom is -0.465 e. The van der Waals surface area contributed by atoms with Crippen LogP contribution >= 0.6 is 0 Å². The molecule has 2 unspecified atom stereocenters. The fraction of sp³-hybridized carbons (Fsp3) is 0.913. The Bertz CT molecular complexity index is 895. The molecule has 0 aromatic heterocycles. The van der Waals surface area contributed by atoms with Gasteiger partial charge in [-0.3, -0.25) is 19.3 Å². The molecular formula is C46H89N3O6. The van der Waals surface area contributed by atoms with E-state index in [1.54, 1.807) is 6.92 Å². The lowest BCUT2D eigenvalue weighted by atomic mass is 9.94. The maximum absolute atomic E-state index is 14.0. The molecule has 0 aliphatic heterocycles. The molecule has 3 amide bonds. The number of unbranched alkanes of at least 4 members (excludes halogenated alkanes) is 16. The van der Waals surface area contributed by atoms with E-state index >= 15 is 0 Å². The Hall–Kier alpha value is -2.16. The van der Waals surface area contributed by atoms with Crippen LogP contribution in [0.25, 0.3) is 0 Å². The number of rotatable bonds is 38. The summed E-state index contributed by atoms with van der Waals surface area (Å²) in [5.41, 5.74) is 0. The first-order valence-corrected chi connectivity index (χ1v) is 23.2. The molecule has 0 aliphatic carbocycles. The standard InChI is InChI=1S/C46H89N3O6/c1-8-13-17-21-23-27-32-41(30-25-19-15-10-3)44(51)54-38-34-40(43(50)49(12-5)46(53)47-36-29-37-48(6)7)35-39-55-45(52)42(31-26-20-16-11-4)33-28-24-22-18-14-9-2/h40-42H,8-39H2,1-7H3,(H,47,53). The van der Waals surface area contributed by atoms with Crippen LogP contribution in [0, 0.1) is 17.8 Å². The van der Waals surface area contributed by atoms with Gasteiger partial charge in [0.1, 0.15) is 0 Å². The summed E-state index contributed by atoms with van der Waals surface area (Å²) >= 11 is 0. The number of nitrogens with zero attached hydrogens (tertiary/aromatic N) is 2. The number of carbonyl (C=O) groups excluding carboxylic acids is 4. The molecule has 0 bridgehead atoms. The average molecular weight is 780 g/mol. The molecule has 0 aromatic carbocycles. The van der Waals surface area contributed by atoms with Gasteiger partial charge in [-0.1, -0.05) is 156 Å². The second kappa shape index (κ2) is 37.4. The number of imide groups is 1. The largest absolute Gasteiger partial charge is 0.465 e. The number of amides is 3. The Kier molecular flexibility index (Phi) is 35.9. The minimum atomic E-state index is -0.615. The van der Waals surface area contributed by atoms with Gasteiger partial charge >= 0.3 is 18.0 Å². The van der Waals surface area contributed by atoms with E-state index in [1.165, 1.54) is 69.1 Å². The third kappa shape index (κ3) is 28.8. The summed E-state index contributed by atoms with van der Waals surface area (Å²) in [5, 5.41) is 2.90. The molecule has 0 radical (unpaired) electrons. The number of hydrogen-bond donors (Lipinski definition) is 1. The lowest BCUT2D eigenvalue weighted by Crippen LogP contribution is -2.47. The van der Waals surface area contributed by atoms with Crippen LogP contribution in [0.1, 0.15) is 208 Å². The second-order valence-electron chi connectivity index (χ2n) is 16.3. The van der Waals surface area contributed by atoms with Crippen molar-refractivity contribution in [3.05, 3.63) is 0 Å². The Morgan fingerprint density at radius 2 is 0.836 bits per heavy atom. The Morgan fingerprint density at radius 3 is 1.20 bits per heavy atom. The predicted octanol–water partition coefficient (Wildman–Crippen LogP) is 11.7. The van der Waals surface area contributed by atoms with E-state index in [9.17, 15) is 19.2 Å². The van der Waals surface area contributed by atoms with Gasteiger partial charge in [-0.25, -0.2) is 4.79 Å². The topological polar surface area (TPSA) is 105 Å². The van der Waals surface area contributed by atoms with Gasteiger partial charge in [0.25, 0.3) is 0 Å². The molecule has 0 aliphatic rings. The van der Waals surface area contributed by atoms with Gasteiger partial charge in [-0.05, 0) is 72.5 Å². The summed E-state index contributed by atoms with van der Waals surface area (Å²) in [6, 6.07) is -0.414. The third-order valence-corrected chi connectivity index (χ3v) is 10.9. The minimum absolute atomic E-state index is 0.102. The summed E-state index contributed by atoms with van der Waals surface area (Å²) in [7, 11) is 3.97. The average Bonchev–Trinajstić information content (AvgIpc) is 3.17. The summed E-state index contributed by atoms with van der Waals surface area (Å²) in [5.74, 6) is -1.52. The number of esters is 2. The second-order valence-corrected chi connectivity index (χ2v) is 16.3. The van der Waals surface area contributed by atoms with Gasteiger partial charge < -0.3 is 19.7 Å². The highest BCUT2D eigenvalue weighted by Crippen LogP contribution is 2.23. The van der Waals surface area contributed by atoms with Crippen molar-refractivity contribution in [2.45, 2.75) is 208 Å². The van der Waals surface area contributed by atoms with Gasteiger partial charge in [0.05, 0.1) is 25.0 Å². The maximum Gasteiger partial charge on any atom is 0.324 e. The van der Waals surface area contributed by atoms with E-state index in [-0.39, 0.29) is 62.3 Å². The van der Waals surface area contributed by atoms with Crippen molar-refractivity contribution in [1.82, 2.24) is 15.1 Å².